The first-order valence-corrected chi connectivity index (χ1v) is 8.64. The van der Waals surface area contributed by atoms with Gasteiger partial charge in [-0.1, -0.05) is 30.3 Å². The maximum atomic E-state index is 12.3. The number of likely N-dealkylation sites (tertiary alicyclic amines) is 2. The molecule has 4 nitrogen and oxygen atoms in total. The third-order valence-electron chi connectivity index (χ3n) is 5.02. The van der Waals surface area contributed by atoms with Gasteiger partial charge in [-0.15, -0.1) is 0 Å². The van der Waals surface area contributed by atoms with E-state index in [1.165, 1.54) is 5.56 Å². The van der Waals surface area contributed by atoms with Crippen molar-refractivity contribution in [2.45, 2.75) is 51.8 Å². The minimum Gasteiger partial charge on any atom is -0.444 e. The lowest BCUT2D eigenvalue weighted by molar-refractivity contribution is -0.0706. The Morgan fingerprint density at radius 3 is 2.57 bits per heavy atom. The molecule has 2 aliphatic heterocycles. The molecule has 2 heterocycles. The van der Waals surface area contributed by atoms with Gasteiger partial charge in [0.05, 0.1) is 0 Å². The monoisotopic (exact) mass is 316 g/mol. The van der Waals surface area contributed by atoms with Gasteiger partial charge in [-0.25, -0.2) is 4.79 Å². The molecule has 23 heavy (non-hydrogen) atoms. The van der Waals surface area contributed by atoms with E-state index in [1.807, 2.05) is 25.7 Å². The van der Waals surface area contributed by atoms with E-state index >= 15 is 0 Å². The summed E-state index contributed by atoms with van der Waals surface area (Å²) in [6.07, 6.45) is 0.914. The zero-order chi connectivity index (χ0) is 16.6. The van der Waals surface area contributed by atoms with E-state index in [1.54, 1.807) is 0 Å². The second-order valence-corrected chi connectivity index (χ2v) is 7.83. The number of fused-ring (bicyclic) bond motifs is 1. The number of hydrogen-bond donors (Lipinski definition) is 0. The van der Waals surface area contributed by atoms with Gasteiger partial charge in [0.25, 0.3) is 0 Å². The maximum absolute atomic E-state index is 12.3. The molecule has 4 heteroatoms. The van der Waals surface area contributed by atoms with Gasteiger partial charge < -0.3 is 9.64 Å². The van der Waals surface area contributed by atoms with Gasteiger partial charge in [-0.05, 0) is 45.6 Å². The highest BCUT2D eigenvalue weighted by Gasteiger charge is 2.46. The van der Waals surface area contributed by atoms with Gasteiger partial charge in [0.1, 0.15) is 5.60 Å². The number of ether oxygens (including phenoxy) is 1. The average Bonchev–Trinajstić information content (AvgIpc) is 2.47. The SMILES string of the molecule is C[C@H](c1ccccc1)N1CC2CCN(C(=O)OC(C)(C)C)CC21. The number of rotatable bonds is 2. The first kappa shape index (κ1) is 16.3. The first-order valence-electron chi connectivity index (χ1n) is 8.64. The minimum absolute atomic E-state index is 0.171. The molecule has 2 saturated heterocycles. The zero-order valence-electron chi connectivity index (χ0n) is 14.7. The highest BCUT2D eigenvalue weighted by molar-refractivity contribution is 5.68. The van der Waals surface area contributed by atoms with E-state index in [-0.39, 0.29) is 6.09 Å². The lowest BCUT2D eigenvalue weighted by Crippen LogP contribution is -2.65. The maximum Gasteiger partial charge on any atom is 0.410 e. The molecule has 126 valence electrons. The number of nitrogens with zero attached hydrogens (tertiary/aromatic N) is 2. The molecule has 0 N–H and O–H groups in total. The fourth-order valence-corrected chi connectivity index (χ4v) is 3.70. The molecule has 2 unspecified atom stereocenters. The Bertz CT molecular complexity index is 552. The predicted molar refractivity (Wildman–Crippen MR) is 91.3 cm³/mol. The fraction of sp³-hybridized carbons (Fsp3) is 0.632. The van der Waals surface area contributed by atoms with E-state index in [4.69, 9.17) is 4.74 Å². The topological polar surface area (TPSA) is 32.8 Å². The molecule has 2 aliphatic rings. The average molecular weight is 316 g/mol. The number of amides is 1. The van der Waals surface area contributed by atoms with Crippen molar-refractivity contribution in [3.63, 3.8) is 0 Å². The largest absolute Gasteiger partial charge is 0.444 e. The Balaban J connectivity index is 1.63. The third kappa shape index (κ3) is 3.52. The Labute approximate surface area is 139 Å². The molecular weight excluding hydrogens is 288 g/mol. The summed E-state index contributed by atoms with van der Waals surface area (Å²) >= 11 is 0. The molecule has 0 spiro atoms. The Kier molecular flexibility index (Phi) is 4.37. The number of carbonyl (C=O) groups is 1. The van der Waals surface area contributed by atoms with Gasteiger partial charge in [0.15, 0.2) is 0 Å². The van der Waals surface area contributed by atoms with Crippen LogP contribution in [0.25, 0.3) is 0 Å². The molecule has 0 aliphatic carbocycles. The van der Waals surface area contributed by atoms with Crippen molar-refractivity contribution in [2.24, 2.45) is 5.92 Å². The second kappa shape index (κ2) is 6.16. The number of carbonyl (C=O) groups excluding carboxylic acids is 1. The van der Waals surface area contributed by atoms with Crippen molar-refractivity contribution in [1.29, 1.82) is 0 Å². The molecule has 2 fully saturated rings. The summed E-state index contributed by atoms with van der Waals surface area (Å²) in [7, 11) is 0. The van der Waals surface area contributed by atoms with Crippen molar-refractivity contribution in [3.8, 4) is 0 Å². The Morgan fingerprint density at radius 2 is 1.91 bits per heavy atom. The van der Waals surface area contributed by atoms with Gasteiger partial charge in [-0.2, -0.15) is 0 Å². The third-order valence-corrected chi connectivity index (χ3v) is 5.02. The van der Waals surface area contributed by atoms with Crippen LogP contribution in [-0.4, -0.2) is 47.2 Å². The second-order valence-electron chi connectivity index (χ2n) is 7.83. The molecule has 1 aromatic carbocycles. The minimum atomic E-state index is -0.426. The molecule has 0 bridgehead atoms. The summed E-state index contributed by atoms with van der Waals surface area (Å²) in [4.78, 5) is 16.7. The number of hydrogen-bond acceptors (Lipinski definition) is 3. The van der Waals surface area contributed by atoms with Crippen LogP contribution in [0.1, 0.15) is 45.7 Å². The Hall–Kier alpha value is -1.55. The predicted octanol–water partition coefficient (Wildman–Crippen LogP) is 3.69. The van der Waals surface area contributed by atoms with Gasteiger partial charge in [0, 0.05) is 31.7 Å². The van der Waals surface area contributed by atoms with Crippen LogP contribution < -0.4 is 0 Å². The van der Waals surface area contributed by atoms with Crippen molar-refractivity contribution < 1.29 is 9.53 Å². The summed E-state index contributed by atoms with van der Waals surface area (Å²) in [5.74, 6) is 0.722. The Morgan fingerprint density at radius 1 is 1.22 bits per heavy atom. The van der Waals surface area contributed by atoms with Crippen LogP contribution in [0.4, 0.5) is 4.79 Å². The van der Waals surface area contributed by atoms with E-state index < -0.39 is 5.60 Å². The lowest BCUT2D eigenvalue weighted by Gasteiger charge is -2.55. The quantitative estimate of drug-likeness (QED) is 0.834. The summed E-state index contributed by atoms with van der Waals surface area (Å²) in [6, 6.07) is 11.5. The lowest BCUT2D eigenvalue weighted by atomic mass is 9.80. The molecule has 0 aromatic heterocycles. The zero-order valence-corrected chi connectivity index (χ0v) is 14.7. The summed E-state index contributed by atoms with van der Waals surface area (Å²) in [6.45, 7) is 10.8. The number of benzene rings is 1. The van der Waals surface area contributed by atoms with Crippen LogP contribution in [0.5, 0.6) is 0 Å². The summed E-state index contributed by atoms with van der Waals surface area (Å²) in [5.41, 5.74) is 0.922. The molecule has 1 aromatic rings. The molecular formula is C19H28N2O2. The summed E-state index contributed by atoms with van der Waals surface area (Å²) in [5, 5.41) is 0. The van der Waals surface area contributed by atoms with Crippen molar-refractivity contribution >= 4 is 6.09 Å². The molecule has 0 radical (unpaired) electrons. The van der Waals surface area contributed by atoms with Gasteiger partial charge in [-0.3, -0.25) is 4.90 Å². The molecule has 3 atom stereocenters. The first-order chi connectivity index (χ1) is 10.8. The van der Waals surface area contributed by atoms with E-state index in [0.29, 0.717) is 12.1 Å². The normalized spacial score (nSPS) is 26.2. The van der Waals surface area contributed by atoms with E-state index in [9.17, 15) is 4.79 Å². The standard InChI is InChI=1S/C19H28N2O2/c1-14(15-8-6-5-7-9-15)21-12-16-10-11-20(13-17(16)21)18(22)23-19(2,3)4/h5-9,14,16-17H,10-13H2,1-4H3/t14-,16?,17?/m1/s1. The van der Waals surface area contributed by atoms with Crippen molar-refractivity contribution in [1.82, 2.24) is 9.80 Å². The van der Waals surface area contributed by atoms with Crippen molar-refractivity contribution in [2.75, 3.05) is 19.6 Å². The highest BCUT2D eigenvalue weighted by atomic mass is 16.6. The van der Waals surface area contributed by atoms with Gasteiger partial charge >= 0.3 is 6.09 Å². The summed E-state index contributed by atoms with van der Waals surface area (Å²) < 4.78 is 5.53. The van der Waals surface area contributed by atoms with Crippen LogP contribution in [0.15, 0.2) is 30.3 Å². The molecule has 3 rings (SSSR count). The van der Waals surface area contributed by atoms with Crippen LogP contribution >= 0.6 is 0 Å². The van der Waals surface area contributed by atoms with Crippen LogP contribution in [0.2, 0.25) is 0 Å². The van der Waals surface area contributed by atoms with Crippen LogP contribution in [0, 0.1) is 5.92 Å². The van der Waals surface area contributed by atoms with E-state index in [2.05, 4.69) is 42.2 Å². The molecule has 1 amide bonds. The number of piperidine rings is 1. The molecule has 0 saturated carbocycles. The van der Waals surface area contributed by atoms with Gasteiger partial charge in [0.2, 0.25) is 0 Å². The fourth-order valence-electron chi connectivity index (χ4n) is 3.70. The van der Waals surface area contributed by atoms with E-state index in [0.717, 1.165) is 32.0 Å². The van der Waals surface area contributed by atoms with Crippen LogP contribution in [-0.2, 0) is 4.74 Å². The van der Waals surface area contributed by atoms with Crippen LogP contribution in [0.3, 0.4) is 0 Å². The smallest absolute Gasteiger partial charge is 0.410 e. The van der Waals surface area contributed by atoms with Crippen molar-refractivity contribution in [3.05, 3.63) is 35.9 Å². The highest BCUT2D eigenvalue weighted by Crippen LogP contribution is 2.38.